The van der Waals surface area contributed by atoms with E-state index in [-0.39, 0.29) is 11.6 Å². The lowest BCUT2D eigenvalue weighted by Gasteiger charge is -2.22. The summed E-state index contributed by atoms with van der Waals surface area (Å²) in [6.07, 6.45) is 7.52. The number of halogens is 3. The zero-order chi connectivity index (χ0) is 15.2. The Morgan fingerprint density at radius 3 is 2.33 bits per heavy atom. The van der Waals surface area contributed by atoms with Crippen molar-refractivity contribution in [1.29, 1.82) is 0 Å². The van der Waals surface area contributed by atoms with Crippen LogP contribution >= 0.6 is 0 Å². The SMILES string of the molecule is CCCNC(CCC1CCCC1)c1c(F)cc(F)cc1F. The van der Waals surface area contributed by atoms with Gasteiger partial charge in [0.15, 0.2) is 0 Å². The first kappa shape index (κ1) is 16.3. The van der Waals surface area contributed by atoms with Crippen LogP contribution in [0, 0.1) is 23.4 Å². The standard InChI is InChI=1S/C17H24F3N/c1-2-9-21-16(8-7-12-5-3-4-6-12)17-14(19)10-13(18)11-15(17)20/h10-12,16,21H,2-9H2,1H3. The Morgan fingerprint density at radius 2 is 1.76 bits per heavy atom. The van der Waals surface area contributed by atoms with Crippen LogP contribution in [0.5, 0.6) is 0 Å². The molecule has 0 heterocycles. The van der Waals surface area contributed by atoms with E-state index >= 15 is 0 Å². The van der Waals surface area contributed by atoms with Gasteiger partial charge in [0.05, 0.1) is 0 Å². The quantitative estimate of drug-likeness (QED) is 0.737. The van der Waals surface area contributed by atoms with Crippen molar-refractivity contribution in [3.63, 3.8) is 0 Å². The molecule has 1 nitrogen and oxygen atoms in total. The molecule has 0 spiro atoms. The molecular formula is C17H24F3N. The van der Waals surface area contributed by atoms with E-state index in [0.717, 1.165) is 25.0 Å². The van der Waals surface area contributed by atoms with E-state index in [0.29, 0.717) is 18.9 Å². The van der Waals surface area contributed by atoms with Crippen molar-refractivity contribution >= 4 is 0 Å². The Hall–Kier alpha value is -1.03. The first-order chi connectivity index (χ1) is 10.1. The molecular weight excluding hydrogens is 275 g/mol. The average molecular weight is 299 g/mol. The Labute approximate surface area is 124 Å². The van der Waals surface area contributed by atoms with Crippen molar-refractivity contribution < 1.29 is 13.2 Å². The topological polar surface area (TPSA) is 12.0 Å². The molecule has 0 bridgehead atoms. The van der Waals surface area contributed by atoms with E-state index < -0.39 is 17.5 Å². The molecule has 0 radical (unpaired) electrons. The first-order valence-electron chi connectivity index (χ1n) is 7.99. The normalized spacial score (nSPS) is 17.3. The predicted molar refractivity (Wildman–Crippen MR) is 78.5 cm³/mol. The molecule has 1 unspecified atom stereocenters. The Balaban J connectivity index is 2.10. The van der Waals surface area contributed by atoms with Crippen LogP contribution in [0.4, 0.5) is 13.2 Å². The molecule has 1 aromatic carbocycles. The van der Waals surface area contributed by atoms with E-state index in [1.54, 1.807) is 0 Å². The largest absolute Gasteiger partial charge is 0.310 e. The van der Waals surface area contributed by atoms with E-state index in [4.69, 9.17) is 0 Å². The van der Waals surface area contributed by atoms with Gasteiger partial charge in [-0.2, -0.15) is 0 Å². The van der Waals surface area contributed by atoms with Crippen LogP contribution in [-0.4, -0.2) is 6.54 Å². The fourth-order valence-electron chi connectivity index (χ4n) is 3.25. The minimum absolute atomic E-state index is 0.0113. The number of hydrogen-bond acceptors (Lipinski definition) is 1. The molecule has 0 saturated heterocycles. The predicted octanol–water partition coefficient (Wildman–Crippen LogP) is 5.12. The Morgan fingerprint density at radius 1 is 1.14 bits per heavy atom. The monoisotopic (exact) mass is 299 g/mol. The molecule has 1 atom stereocenters. The molecule has 1 aliphatic carbocycles. The third-order valence-corrected chi connectivity index (χ3v) is 4.37. The van der Waals surface area contributed by atoms with Crippen molar-refractivity contribution in [1.82, 2.24) is 5.32 Å². The zero-order valence-electron chi connectivity index (χ0n) is 12.6. The van der Waals surface area contributed by atoms with Gasteiger partial charge in [0.2, 0.25) is 0 Å². The van der Waals surface area contributed by atoms with Gasteiger partial charge >= 0.3 is 0 Å². The summed E-state index contributed by atoms with van der Waals surface area (Å²) in [5.41, 5.74) is -0.0113. The second-order valence-corrected chi connectivity index (χ2v) is 6.02. The molecule has 2 rings (SSSR count). The number of nitrogens with one attached hydrogen (secondary N) is 1. The number of hydrogen-bond donors (Lipinski definition) is 1. The van der Waals surface area contributed by atoms with Crippen molar-refractivity contribution in [2.45, 2.75) is 57.9 Å². The van der Waals surface area contributed by atoms with Crippen LogP contribution in [0.2, 0.25) is 0 Å². The fraction of sp³-hybridized carbons (Fsp3) is 0.647. The molecule has 1 fully saturated rings. The average Bonchev–Trinajstić information content (AvgIpc) is 2.93. The van der Waals surface area contributed by atoms with Crippen LogP contribution in [-0.2, 0) is 0 Å². The van der Waals surface area contributed by atoms with Gasteiger partial charge in [-0.25, -0.2) is 13.2 Å². The maximum Gasteiger partial charge on any atom is 0.133 e. The lowest BCUT2D eigenvalue weighted by Crippen LogP contribution is -2.25. The van der Waals surface area contributed by atoms with Gasteiger partial charge in [0.1, 0.15) is 17.5 Å². The number of benzene rings is 1. The summed E-state index contributed by atoms with van der Waals surface area (Å²) < 4.78 is 41.0. The van der Waals surface area contributed by atoms with Gasteiger partial charge in [0, 0.05) is 23.7 Å². The third-order valence-electron chi connectivity index (χ3n) is 4.37. The highest BCUT2D eigenvalue weighted by atomic mass is 19.1. The molecule has 0 aliphatic heterocycles. The van der Waals surface area contributed by atoms with E-state index in [1.807, 2.05) is 6.92 Å². The van der Waals surface area contributed by atoms with Gasteiger partial charge in [-0.1, -0.05) is 32.6 Å². The highest BCUT2D eigenvalue weighted by molar-refractivity contribution is 5.24. The molecule has 1 aromatic rings. The maximum absolute atomic E-state index is 14.0. The molecule has 1 aliphatic rings. The molecule has 118 valence electrons. The summed E-state index contributed by atoms with van der Waals surface area (Å²) in [4.78, 5) is 0. The Bertz CT molecular complexity index is 432. The van der Waals surface area contributed by atoms with Crippen molar-refractivity contribution in [3.05, 3.63) is 35.1 Å². The Kier molecular flexibility index (Phi) is 6.09. The fourth-order valence-corrected chi connectivity index (χ4v) is 3.25. The third kappa shape index (κ3) is 4.47. The van der Waals surface area contributed by atoms with Crippen LogP contribution in [0.15, 0.2) is 12.1 Å². The zero-order valence-corrected chi connectivity index (χ0v) is 12.6. The highest BCUT2D eigenvalue weighted by Crippen LogP contribution is 2.33. The van der Waals surface area contributed by atoms with E-state index in [2.05, 4.69) is 5.32 Å². The van der Waals surface area contributed by atoms with E-state index in [1.165, 1.54) is 25.7 Å². The molecule has 4 heteroatoms. The summed E-state index contributed by atoms with van der Waals surface area (Å²) in [7, 11) is 0. The summed E-state index contributed by atoms with van der Waals surface area (Å²) in [6, 6.07) is 1.18. The second kappa shape index (κ2) is 7.83. The number of rotatable bonds is 7. The van der Waals surface area contributed by atoms with Gasteiger partial charge in [-0.3, -0.25) is 0 Å². The van der Waals surface area contributed by atoms with Crippen molar-refractivity contribution in [2.75, 3.05) is 6.54 Å². The van der Waals surface area contributed by atoms with Crippen molar-refractivity contribution in [2.24, 2.45) is 5.92 Å². The van der Waals surface area contributed by atoms with Crippen LogP contribution in [0.3, 0.4) is 0 Å². The molecule has 0 aromatic heterocycles. The van der Waals surface area contributed by atoms with Gasteiger partial charge in [-0.15, -0.1) is 0 Å². The molecule has 1 saturated carbocycles. The summed E-state index contributed by atoms with van der Waals surface area (Å²) in [5, 5.41) is 3.21. The summed E-state index contributed by atoms with van der Waals surface area (Å²) >= 11 is 0. The molecule has 1 N–H and O–H groups in total. The summed E-state index contributed by atoms with van der Waals surface area (Å²) in [6.45, 7) is 2.71. The van der Waals surface area contributed by atoms with Gasteiger partial charge in [0.25, 0.3) is 0 Å². The second-order valence-electron chi connectivity index (χ2n) is 6.02. The lowest BCUT2D eigenvalue weighted by atomic mass is 9.94. The van der Waals surface area contributed by atoms with Gasteiger partial charge in [-0.05, 0) is 31.7 Å². The van der Waals surface area contributed by atoms with Crippen LogP contribution in [0.25, 0.3) is 0 Å². The molecule has 21 heavy (non-hydrogen) atoms. The van der Waals surface area contributed by atoms with Gasteiger partial charge < -0.3 is 5.32 Å². The molecule has 0 amide bonds. The minimum Gasteiger partial charge on any atom is -0.310 e. The van der Waals surface area contributed by atoms with Crippen molar-refractivity contribution in [3.8, 4) is 0 Å². The smallest absolute Gasteiger partial charge is 0.133 e. The first-order valence-corrected chi connectivity index (χ1v) is 7.99. The maximum atomic E-state index is 14.0. The van der Waals surface area contributed by atoms with Crippen LogP contribution in [0.1, 0.15) is 63.5 Å². The lowest BCUT2D eigenvalue weighted by molar-refractivity contribution is 0.389. The minimum atomic E-state index is -0.862. The summed E-state index contributed by atoms with van der Waals surface area (Å²) in [5.74, 6) is -1.76. The highest BCUT2D eigenvalue weighted by Gasteiger charge is 2.23. The van der Waals surface area contributed by atoms with E-state index in [9.17, 15) is 13.2 Å². The van der Waals surface area contributed by atoms with Crippen LogP contribution < -0.4 is 5.32 Å².